The summed E-state index contributed by atoms with van der Waals surface area (Å²) >= 11 is 0. The van der Waals surface area contributed by atoms with Crippen LogP contribution in [-0.4, -0.2) is 40.5 Å². The third-order valence-electron chi connectivity index (χ3n) is 7.07. The quantitative estimate of drug-likeness (QED) is 0.573. The minimum atomic E-state index is -4.67. The summed E-state index contributed by atoms with van der Waals surface area (Å²) in [6.45, 7) is 4.57. The number of nitrogens with zero attached hydrogens (tertiary/aromatic N) is 2. The van der Waals surface area contributed by atoms with Crippen molar-refractivity contribution in [1.82, 2.24) is 14.7 Å². The van der Waals surface area contributed by atoms with Gasteiger partial charge in [-0.2, -0.15) is 13.2 Å². The van der Waals surface area contributed by atoms with Gasteiger partial charge in [-0.3, -0.25) is 4.79 Å². The maximum atomic E-state index is 13.9. The van der Waals surface area contributed by atoms with Gasteiger partial charge >= 0.3 is 6.18 Å². The van der Waals surface area contributed by atoms with Crippen LogP contribution in [0.25, 0.3) is 5.65 Å². The van der Waals surface area contributed by atoms with E-state index in [-0.39, 0.29) is 61.3 Å². The number of rotatable bonds is 5. The molecule has 1 aliphatic heterocycles. The van der Waals surface area contributed by atoms with Gasteiger partial charge in [-0.25, -0.2) is 13.8 Å². The van der Waals surface area contributed by atoms with Crippen molar-refractivity contribution < 1.29 is 31.5 Å². The van der Waals surface area contributed by atoms with Gasteiger partial charge in [0.1, 0.15) is 5.65 Å². The van der Waals surface area contributed by atoms with E-state index in [0.29, 0.717) is 24.5 Å². The van der Waals surface area contributed by atoms with E-state index >= 15 is 0 Å². The zero-order valence-electron chi connectivity index (χ0n) is 19.4. The predicted molar refractivity (Wildman–Crippen MR) is 116 cm³/mol. The van der Waals surface area contributed by atoms with E-state index in [1.165, 1.54) is 10.5 Å². The van der Waals surface area contributed by atoms with Crippen molar-refractivity contribution in [3.05, 3.63) is 34.8 Å². The van der Waals surface area contributed by atoms with Crippen LogP contribution in [0.1, 0.15) is 74.0 Å². The number of carbonyl (C=O) groups excluding carboxylic acids is 1. The highest BCUT2D eigenvalue weighted by Gasteiger charge is 2.40. The van der Waals surface area contributed by atoms with Crippen molar-refractivity contribution in [2.75, 3.05) is 13.2 Å². The van der Waals surface area contributed by atoms with Crippen LogP contribution in [0.2, 0.25) is 0 Å². The zero-order valence-corrected chi connectivity index (χ0v) is 19.4. The highest BCUT2D eigenvalue weighted by atomic mass is 19.4. The molecule has 1 aliphatic carbocycles. The van der Waals surface area contributed by atoms with Crippen molar-refractivity contribution in [1.29, 1.82) is 0 Å². The van der Waals surface area contributed by atoms with Gasteiger partial charge in [-0.15, -0.1) is 0 Å². The van der Waals surface area contributed by atoms with Crippen molar-refractivity contribution in [3.63, 3.8) is 0 Å². The van der Waals surface area contributed by atoms with E-state index in [1.54, 1.807) is 19.9 Å². The number of aryl methyl sites for hydroxylation is 1. The number of ether oxygens (including phenoxy) is 1. The topological polar surface area (TPSA) is 55.6 Å². The average molecular weight is 488 g/mol. The van der Waals surface area contributed by atoms with E-state index in [0.717, 1.165) is 12.8 Å². The third kappa shape index (κ3) is 5.37. The van der Waals surface area contributed by atoms with Crippen LogP contribution >= 0.6 is 0 Å². The number of pyridine rings is 1. The molecular weight excluding hydrogens is 457 g/mol. The fourth-order valence-electron chi connectivity index (χ4n) is 5.02. The second-order valence-electron chi connectivity index (χ2n) is 9.65. The highest BCUT2D eigenvalue weighted by molar-refractivity contribution is 5.83. The Balaban J connectivity index is 1.62. The Hall–Kier alpha value is -2.23. The molecule has 4 rings (SSSR count). The van der Waals surface area contributed by atoms with Crippen molar-refractivity contribution in [2.45, 2.75) is 82.9 Å². The molecular formula is C24H30F5N3O2. The first-order valence-electron chi connectivity index (χ1n) is 11.8. The molecule has 0 bridgehead atoms. The second-order valence-corrected chi connectivity index (χ2v) is 9.65. The molecule has 10 heteroatoms. The fraction of sp³-hybridized carbons (Fsp3) is 0.667. The Bertz CT molecular complexity index is 1030. The summed E-state index contributed by atoms with van der Waals surface area (Å²) in [7, 11) is 0. The summed E-state index contributed by atoms with van der Waals surface area (Å²) in [4.78, 5) is 16.7. The van der Waals surface area contributed by atoms with E-state index in [1.807, 2.05) is 0 Å². The van der Waals surface area contributed by atoms with Crippen molar-refractivity contribution in [2.24, 2.45) is 5.92 Å². The minimum Gasteiger partial charge on any atom is -0.381 e. The first-order valence-corrected chi connectivity index (χ1v) is 11.8. The molecule has 0 aromatic carbocycles. The molecule has 188 valence electrons. The molecule has 1 amide bonds. The molecule has 1 saturated heterocycles. The SMILES string of the molecule is Cc1cc(C(C)C(=O)NC2CCOCC2)cc2nc(C(F)(F)F)c(CC3CCC(F)(F)CC3)n12. The number of aromatic nitrogens is 2. The Morgan fingerprint density at radius 3 is 2.47 bits per heavy atom. The number of fused-ring (bicyclic) bond motifs is 1. The van der Waals surface area contributed by atoms with Crippen LogP contribution in [0.4, 0.5) is 22.0 Å². The molecule has 1 N–H and O–H groups in total. The number of amides is 1. The van der Waals surface area contributed by atoms with E-state index in [9.17, 15) is 26.7 Å². The molecule has 2 aromatic heterocycles. The van der Waals surface area contributed by atoms with Gasteiger partial charge < -0.3 is 14.5 Å². The molecule has 1 atom stereocenters. The Morgan fingerprint density at radius 2 is 1.85 bits per heavy atom. The standard InChI is InChI=1S/C24H30F5N3O2/c1-14-11-17(15(2)22(33)30-18-5-9-34-10-6-18)13-20-31-21(24(27,28)29)19(32(14)20)12-16-3-7-23(25,26)8-4-16/h11,13,15-16,18H,3-10,12H2,1-2H3,(H,30,33). The van der Waals surface area contributed by atoms with Gasteiger partial charge in [0.15, 0.2) is 5.69 Å². The van der Waals surface area contributed by atoms with Crippen LogP contribution in [0, 0.1) is 12.8 Å². The summed E-state index contributed by atoms with van der Waals surface area (Å²) in [6, 6.07) is 3.25. The minimum absolute atomic E-state index is 0.000997. The third-order valence-corrected chi connectivity index (χ3v) is 7.07. The number of hydrogen-bond donors (Lipinski definition) is 1. The van der Waals surface area contributed by atoms with Crippen LogP contribution in [0.5, 0.6) is 0 Å². The summed E-state index contributed by atoms with van der Waals surface area (Å²) < 4.78 is 75.5. The van der Waals surface area contributed by atoms with Crippen molar-refractivity contribution >= 4 is 11.6 Å². The largest absolute Gasteiger partial charge is 0.435 e. The van der Waals surface area contributed by atoms with Gasteiger partial charge in [-0.05, 0) is 69.6 Å². The molecule has 1 saturated carbocycles. The first kappa shape index (κ1) is 24.9. The van der Waals surface area contributed by atoms with Gasteiger partial charge in [-0.1, -0.05) is 0 Å². The molecule has 3 heterocycles. The summed E-state index contributed by atoms with van der Waals surface area (Å²) in [5.74, 6) is -3.76. The predicted octanol–water partition coefficient (Wildman–Crippen LogP) is 5.43. The summed E-state index contributed by atoms with van der Waals surface area (Å²) in [6.07, 6.45) is -3.44. The van der Waals surface area contributed by atoms with Gasteiger partial charge in [0.2, 0.25) is 11.8 Å². The lowest BCUT2D eigenvalue weighted by atomic mass is 9.83. The number of nitrogens with one attached hydrogen (secondary N) is 1. The molecule has 1 unspecified atom stereocenters. The maximum Gasteiger partial charge on any atom is 0.435 e. The average Bonchev–Trinajstić information content (AvgIpc) is 3.14. The number of carbonyl (C=O) groups is 1. The lowest BCUT2D eigenvalue weighted by Gasteiger charge is -2.28. The molecule has 2 aromatic rings. The molecule has 0 radical (unpaired) electrons. The van der Waals surface area contributed by atoms with Gasteiger partial charge in [0.05, 0.1) is 11.6 Å². The monoisotopic (exact) mass is 487 g/mol. The van der Waals surface area contributed by atoms with E-state index < -0.39 is 23.7 Å². The van der Waals surface area contributed by atoms with Crippen LogP contribution in [0.15, 0.2) is 12.1 Å². The lowest BCUT2D eigenvalue weighted by Crippen LogP contribution is -2.40. The van der Waals surface area contributed by atoms with Crippen molar-refractivity contribution in [3.8, 4) is 0 Å². The number of halogens is 5. The first-order chi connectivity index (χ1) is 15.9. The molecule has 2 aliphatic rings. The molecule has 0 spiro atoms. The van der Waals surface area contributed by atoms with Gasteiger partial charge in [0, 0.05) is 37.8 Å². The second kappa shape index (κ2) is 9.43. The number of hydrogen-bond acceptors (Lipinski definition) is 3. The Morgan fingerprint density at radius 1 is 1.21 bits per heavy atom. The highest BCUT2D eigenvalue weighted by Crippen LogP contribution is 2.40. The summed E-state index contributed by atoms with van der Waals surface area (Å²) in [5, 5.41) is 3.00. The van der Waals surface area contributed by atoms with Crippen LogP contribution in [0.3, 0.4) is 0 Å². The van der Waals surface area contributed by atoms with Gasteiger partial charge in [0.25, 0.3) is 0 Å². The molecule has 5 nitrogen and oxygen atoms in total. The van der Waals surface area contributed by atoms with Crippen LogP contribution < -0.4 is 5.32 Å². The van der Waals surface area contributed by atoms with E-state index in [2.05, 4.69) is 10.3 Å². The smallest absolute Gasteiger partial charge is 0.381 e. The summed E-state index contributed by atoms with van der Waals surface area (Å²) in [5.41, 5.74) is 0.240. The fourth-order valence-corrected chi connectivity index (χ4v) is 5.02. The Labute approximate surface area is 195 Å². The molecule has 34 heavy (non-hydrogen) atoms. The normalized spacial score (nSPS) is 21.0. The van der Waals surface area contributed by atoms with Crippen LogP contribution in [-0.2, 0) is 22.1 Å². The zero-order chi connectivity index (χ0) is 24.7. The maximum absolute atomic E-state index is 13.9. The number of alkyl halides is 5. The van der Waals surface area contributed by atoms with E-state index in [4.69, 9.17) is 4.74 Å². The number of imidazole rings is 1. The lowest BCUT2D eigenvalue weighted by molar-refractivity contribution is -0.141. The molecule has 2 fully saturated rings. The Kier molecular flexibility index (Phi) is 6.90.